The smallest absolute Gasteiger partial charge is 0.228 e. The summed E-state index contributed by atoms with van der Waals surface area (Å²) in [6.45, 7) is 5.50. The summed E-state index contributed by atoms with van der Waals surface area (Å²) in [5, 5.41) is 6.21. The van der Waals surface area contributed by atoms with Gasteiger partial charge in [0.1, 0.15) is 5.82 Å². The molecule has 2 N–H and O–H groups in total. The van der Waals surface area contributed by atoms with E-state index in [1.165, 1.54) is 11.1 Å². The van der Waals surface area contributed by atoms with Crippen molar-refractivity contribution in [3.05, 3.63) is 47.7 Å². The lowest BCUT2D eigenvalue weighted by Gasteiger charge is -2.20. The van der Waals surface area contributed by atoms with E-state index in [1.54, 1.807) is 6.20 Å². The monoisotopic (exact) mass is 325 g/mol. The summed E-state index contributed by atoms with van der Waals surface area (Å²) < 4.78 is 5.28. The number of amides is 1. The van der Waals surface area contributed by atoms with Crippen LogP contribution in [0.3, 0.4) is 0 Å². The highest BCUT2D eigenvalue weighted by Crippen LogP contribution is 2.21. The number of benzene rings is 1. The van der Waals surface area contributed by atoms with Gasteiger partial charge in [-0.1, -0.05) is 6.07 Å². The molecular weight excluding hydrogens is 302 g/mol. The predicted molar refractivity (Wildman–Crippen MR) is 95.6 cm³/mol. The van der Waals surface area contributed by atoms with Crippen molar-refractivity contribution in [1.82, 2.24) is 4.98 Å². The Labute approximate surface area is 142 Å². The Kier molecular flexibility index (Phi) is 5.11. The molecule has 1 aliphatic rings. The molecule has 1 aromatic heterocycles. The lowest BCUT2D eigenvalue weighted by Crippen LogP contribution is -2.28. The van der Waals surface area contributed by atoms with Crippen LogP contribution in [0.4, 0.5) is 17.2 Å². The minimum Gasteiger partial charge on any atom is -0.381 e. The average Bonchev–Trinajstić information content (AvgIpc) is 2.61. The molecule has 0 aliphatic carbocycles. The quantitative estimate of drug-likeness (QED) is 0.897. The molecule has 2 heterocycles. The summed E-state index contributed by atoms with van der Waals surface area (Å²) >= 11 is 0. The van der Waals surface area contributed by atoms with Crippen molar-refractivity contribution in [3.63, 3.8) is 0 Å². The zero-order chi connectivity index (χ0) is 16.9. The number of carbonyl (C=O) groups excluding carboxylic acids is 1. The van der Waals surface area contributed by atoms with Gasteiger partial charge in [0.25, 0.3) is 0 Å². The molecule has 24 heavy (non-hydrogen) atoms. The zero-order valence-corrected chi connectivity index (χ0v) is 14.1. The number of aryl methyl sites for hydroxylation is 2. The number of rotatable bonds is 4. The molecule has 3 rings (SSSR count). The molecule has 1 amide bonds. The third-order valence-corrected chi connectivity index (χ3v) is 4.40. The largest absolute Gasteiger partial charge is 0.381 e. The highest BCUT2D eigenvalue weighted by atomic mass is 16.5. The van der Waals surface area contributed by atoms with Crippen LogP contribution in [0, 0.1) is 19.8 Å². The summed E-state index contributed by atoms with van der Waals surface area (Å²) in [4.78, 5) is 16.5. The fraction of sp³-hybridized carbons (Fsp3) is 0.368. The first-order chi connectivity index (χ1) is 11.6. The Morgan fingerprint density at radius 3 is 2.50 bits per heavy atom. The lowest BCUT2D eigenvalue weighted by atomic mass is 9.99. The minimum absolute atomic E-state index is 0.0221. The SMILES string of the molecule is Cc1ccc(Nc2ccc(NC(=O)C3CCOCC3)nc2)cc1C. The van der Waals surface area contributed by atoms with Crippen LogP contribution in [0.1, 0.15) is 24.0 Å². The van der Waals surface area contributed by atoms with E-state index in [0.29, 0.717) is 19.0 Å². The second-order valence-corrected chi connectivity index (χ2v) is 6.23. The zero-order valence-electron chi connectivity index (χ0n) is 14.1. The molecule has 1 saturated heterocycles. The standard InChI is InChI=1S/C19H23N3O2/c1-13-3-4-16(11-14(13)2)21-17-5-6-18(20-12-17)22-19(23)15-7-9-24-10-8-15/h3-6,11-12,15,21H,7-10H2,1-2H3,(H,20,22,23). The van der Waals surface area contributed by atoms with Gasteiger partial charge in [-0.15, -0.1) is 0 Å². The van der Waals surface area contributed by atoms with E-state index in [-0.39, 0.29) is 11.8 Å². The third kappa shape index (κ3) is 4.11. The number of anilines is 3. The van der Waals surface area contributed by atoms with Crippen molar-refractivity contribution in [3.8, 4) is 0 Å². The van der Waals surface area contributed by atoms with Gasteiger partial charge in [-0.25, -0.2) is 4.98 Å². The van der Waals surface area contributed by atoms with Gasteiger partial charge in [-0.3, -0.25) is 4.79 Å². The van der Waals surface area contributed by atoms with Crippen LogP contribution in [0.25, 0.3) is 0 Å². The van der Waals surface area contributed by atoms with Crippen LogP contribution in [0.15, 0.2) is 36.5 Å². The van der Waals surface area contributed by atoms with Gasteiger partial charge in [0, 0.05) is 24.8 Å². The molecule has 5 heteroatoms. The van der Waals surface area contributed by atoms with E-state index < -0.39 is 0 Å². The van der Waals surface area contributed by atoms with Crippen LogP contribution in [0.2, 0.25) is 0 Å². The van der Waals surface area contributed by atoms with Gasteiger partial charge < -0.3 is 15.4 Å². The molecular formula is C19H23N3O2. The highest BCUT2D eigenvalue weighted by Gasteiger charge is 2.21. The molecule has 0 saturated carbocycles. The summed E-state index contributed by atoms with van der Waals surface area (Å²) in [5.74, 6) is 0.631. The molecule has 0 atom stereocenters. The maximum atomic E-state index is 12.2. The number of ether oxygens (including phenoxy) is 1. The first-order valence-corrected chi connectivity index (χ1v) is 8.31. The van der Waals surface area contributed by atoms with Crippen LogP contribution in [-0.4, -0.2) is 24.1 Å². The van der Waals surface area contributed by atoms with Crippen LogP contribution in [0.5, 0.6) is 0 Å². The van der Waals surface area contributed by atoms with Crippen molar-refractivity contribution >= 4 is 23.1 Å². The molecule has 2 aromatic rings. The molecule has 5 nitrogen and oxygen atoms in total. The Bertz CT molecular complexity index is 707. The van der Waals surface area contributed by atoms with Crippen LogP contribution in [-0.2, 0) is 9.53 Å². The number of nitrogens with zero attached hydrogens (tertiary/aromatic N) is 1. The lowest BCUT2D eigenvalue weighted by molar-refractivity contribution is -0.122. The highest BCUT2D eigenvalue weighted by molar-refractivity contribution is 5.91. The van der Waals surface area contributed by atoms with E-state index in [0.717, 1.165) is 24.2 Å². The van der Waals surface area contributed by atoms with E-state index >= 15 is 0 Å². The predicted octanol–water partition coefficient (Wildman–Crippen LogP) is 3.81. The maximum absolute atomic E-state index is 12.2. The first-order valence-electron chi connectivity index (χ1n) is 8.31. The second kappa shape index (κ2) is 7.45. The van der Waals surface area contributed by atoms with Gasteiger partial charge in [0.2, 0.25) is 5.91 Å². The summed E-state index contributed by atoms with van der Waals surface area (Å²) in [6.07, 6.45) is 3.28. The van der Waals surface area contributed by atoms with Crippen molar-refractivity contribution in [1.29, 1.82) is 0 Å². The van der Waals surface area contributed by atoms with E-state index in [4.69, 9.17) is 4.74 Å². The number of nitrogens with one attached hydrogen (secondary N) is 2. The molecule has 1 aliphatic heterocycles. The molecule has 126 valence electrons. The average molecular weight is 325 g/mol. The van der Waals surface area contributed by atoms with Gasteiger partial charge in [-0.2, -0.15) is 0 Å². The topological polar surface area (TPSA) is 63.2 Å². The van der Waals surface area contributed by atoms with E-state index in [1.807, 2.05) is 18.2 Å². The summed E-state index contributed by atoms with van der Waals surface area (Å²) in [7, 11) is 0. The molecule has 1 fully saturated rings. The Balaban J connectivity index is 1.60. The third-order valence-electron chi connectivity index (χ3n) is 4.40. The first kappa shape index (κ1) is 16.5. The molecule has 0 radical (unpaired) electrons. The van der Waals surface area contributed by atoms with Crippen molar-refractivity contribution in [2.24, 2.45) is 5.92 Å². The molecule has 0 unspecified atom stereocenters. The Hall–Kier alpha value is -2.40. The summed E-state index contributed by atoms with van der Waals surface area (Å²) in [5.41, 5.74) is 4.43. The normalized spacial score (nSPS) is 15.1. The molecule has 0 bridgehead atoms. The van der Waals surface area contributed by atoms with Gasteiger partial charge in [0.15, 0.2) is 0 Å². The van der Waals surface area contributed by atoms with Gasteiger partial charge in [-0.05, 0) is 62.1 Å². The fourth-order valence-corrected chi connectivity index (χ4v) is 2.72. The Morgan fingerprint density at radius 2 is 1.83 bits per heavy atom. The number of aromatic nitrogens is 1. The molecule has 1 aromatic carbocycles. The molecule has 0 spiro atoms. The van der Waals surface area contributed by atoms with E-state index in [2.05, 4.69) is 41.6 Å². The van der Waals surface area contributed by atoms with Gasteiger partial charge in [0.05, 0.1) is 11.9 Å². The number of hydrogen-bond donors (Lipinski definition) is 2. The van der Waals surface area contributed by atoms with E-state index in [9.17, 15) is 4.79 Å². The fourth-order valence-electron chi connectivity index (χ4n) is 2.72. The van der Waals surface area contributed by atoms with Crippen LogP contribution >= 0.6 is 0 Å². The number of pyridine rings is 1. The summed E-state index contributed by atoms with van der Waals surface area (Å²) in [6, 6.07) is 9.98. The second-order valence-electron chi connectivity index (χ2n) is 6.23. The number of hydrogen-bond acceptors (Lipinski definition) is 4. The van der Waals surface area contributed by atoms with Crippen molar-refractivity contribution in [2.45, 2.75) is 26.7 Å². The van der Waals surface area contributed by atoms with Gasteiger partial charge >= 0.3 is 0 Å². The minimum atomic E-state index is 0.0221. The van der Waals surface area contributed by atoms with Crippen molar-refractivity contribution < 1.29 is 9.53 Å². The Morgan fingerprint density at radius 1 is 1.08 bits per heavy atom. The number of carbonyl (C=O) groups is 1. The van der Waals surface area contributed by atoms with Crippen molar-refractivity contribution in [2.75, 3.05) is 23.8 Å². The van der Waals surface area contributed by atoms with Crippen LogP contribution < -0.4 is 10.6 Å². The maximum Gasteiger partial charge on any atom is 0.228 e.